The van der Waals surface area contributed by atoms with Crippen molar-refractivity contribution in [1.82, 2.24) is 5.32 Å². The SMILES string of the molecule is CCC(O)(CC)CNCc1ccccc1N. The Morgan fingerprint density at radius 3 is 2.44 bits per heavy atom. The summed E-state index contributed by atoms with van der Waals surface area (Å²) in [5, 5.41) is 13.3. The molecule has 0 atom stereocenters. The van der Waals surface area contributed by atoms with Gasteiger partial charge in [0.1, 0.15) is 0 Å². The molecule has 0 spiro atoms. The summed E-state index contributed by atoms with van der Waals surface area (Å²) in [6.07, 6.45) is 1.53. The summed E-state index contributed by atoms with van der Waals surface area (Å²) in [5.41, 5.74) is 7.12. The third-order valence-electron chi connectivity index (χ3n) is 3.14. The van der Waals surface area contributed by atoms with Crippen molar-refractivity contribution in [3.63, 3.8) is 0 Å². The maximum Gasteiger partial charge on any atom is 0.0766 e. The van der Waals surface area contributed by atoms with E-state index >= 15 is 0 Å². The Labute approximate surface area is 97.7 Å². The maximum absolute atomic E-state index is 10.1. The van der Waals surface area contributed by atoms with E-state index in [-0.39, 0.29) is 0 Å². The second-order valence-electron chi connectivity index (χ2n) is 4.23. The predicted molar refractivity (Wildman–Crippen MR) is 68.1 cm³/mol. The number of nitrogens with one attached hydrogen (secondary N) is 1. The molecule has 0 saturated heterocycles. The highest BCUT2D eigenvalue weighted by Gasteiger charge is 2.21. The summed E-state index contributed by atoms with van der Waals surface area (Å²) < 4.78 is 0. The zero-order valence-corrected chi connectivity index (χ0v) is 10.2. The molecule has 16 heavy (non-hydrogen) atoms. The van der Waals surface area contributed by atoms with Crippen LogP contribution in [0.15, 0.2) is 24.3 Å². The van der Waals surface area contributed by atoms with Gasteiger partial charge < -0.3 is 16.2 Å². The highest BCUT2D eigenvalue weighted by atomic mass is 16.3. The first-order chi connectivity index (χ1) is 7.61. The van der Waals surface area contributed by atoms with Crippen molar-refractivity contribution in [2.75, 3.05) is 12.3 Å². The number of hydrogen-bond donors (Lipinski definition) is 3. The second-order valence-corrected chi connectivity index (χ2v) is 4.23. The quantitative estimate of drug-likeness (QED) is 0.644. The Morgan fingerprint density at radius 1 is 1.25 bits per heavy atom. The molecular weight excluding hydrogens is 200 g/mol. The monoisotopic (exact) mass is 222 g/mol. The Kier molecular flexibility index (Phi) is 4.77. The van der Waals surface area contributed by atoms with Crippen LogP contribution < -0.4 is 11.1 Å². The van der Waals surface area contributed by atoms with Gasteiger partial charge in [-0.2, -0.15) is 0 Å². The highest BCUT2D eigenvalue weighted by molar-refractivity contribution is 5.46. The number of nitrogen functional groups attached to an aromatic ring is 1. The molecule has 3 nitrogen and oxygen atoms in total. The fourth-order valence-electron chi connectivity index (χ4n) is 1.63. The largest absolute Gasteiger partial charge is 0.398 e. The molecule has 0 aliphatic heterocycles. The molecule has 0 fully saturated rings. The number of para-hydroxylation sites is 1. The van der Waals surface area contributed by atoms with Crippen LogP contribution in [-0.2, 0) is 6.54 Å². The molecule has 0 saturated carbocycles. The van der Waals surface area contributed by atoms with Gasteiger partial charge in [0.05, 0.1) is 5.60 Å². The van der Waals surface area contributed by atoms with Crippen LogP contribution in [0.1, 0.15) is 32.3 Å². The topological polar surface area (TPSA) is 58.3 Å². The van der Waals surface area contributed by atoms with E-state index in [4.69, 9.17) is 5.73 Å². The van der Waals surface area contributed by atoms with E-state index in [0.29, 0.717) is 13.1 Å². The molecule has 0 bridgehead atoms. The molecule has 0 amide bonds. The van der Waals surface area contributed by atoms with Crippen molar-refractivity contribution in [3.8, 4) is 0 Å². The lowest BCUT2D eigenvalue weighted by Crippen LogP contribution is -2.39. The molecular formula is C13H22N2O. The normalized spacial score (nSPS) is 11.7. The standard InChI is InChI=1S/C13H22N2O/c1-3-13(16,4-2)10-15-9-11-7-5-6-8-12(11)14/h5-8,15-16H,3-4,9-10,14H2,1-2H3. The molecule has 0 radical (unpaired) electrons. The molecule has 0 unspecified atom stereocenters. The Balaban J connectivity index is 2.44. The zero-order valence-electron chi connectivity index (χ0n) is 10.2. The Bertz CT molecular complexity index is 321. The number of aliphatic hydroxyl groups is 1. The van der Waals surface area contributed by atoms with Gasteiger partial charge in [0, 0.05) is 18.8 Å². The third-order valence-corrected chi connectivity index (χ3v) is 3.14. The molecule has 3 heteroatoms. The third kappa shape index (κ3) is 3.51. The van der Waals surface area contributed by atoms with Gasteiger partial charge in [0.25, 0.3) is 0 Å². The van der Waals surface area contributed by atoms with Gasteiger partial charge in [-0.1, -0.05) is 32.0 Å². The number of hydrogen-bond acceptors (Lipinski definition) is 3. The van der Waals surface area contributed by atoms with Crippen molar-refractivity contribution >= 4 is 5.69 Å². The highest BCUT2D eigenvalue weighted by Crippen LogP contribution is 2.14. The minimum Gasteiger partial charge on any atom is -0.398 e. The van der Waals surface area contributed by atoms with Crippen LogP contribution in [0.25, 0.3) is 0 Å². The first-order valence-electron chi connectivity index (χ1n) is 5.88. The van der Waals surface area contributed by atoms with E-state index in [2.05, 4.69) is 5.32 Å². The lowest BCUT2D eigenvalue weighted by atomic mass is 9.97. The van der Waals surface area contributed by atoms with Crippen LogP contribution in [0.3, 0.4) is 0 Å². The smallest absolute Gasteiger partial charge is 0.0766 e. The average Bonchev–Trinajstić information content (AvgIpc) is 2.31. The number of nitrogens with two attached hydrogens (primary N) is 1. The maximum atomic E-state index is 10.1. The van der Waals surface area contributed by atoms with E-state index in [1.54, 1.807) is 0 Å². The Hall–Kier alpha value is -1.06. The minimum atomic E-state index is -0.594. The van der Waals surface area contributed by atoms with Crippen LogP contribution in [0.5, 0.6) is 0 Å². The van der Waals surface area contributed by atoms with Crippen LogP contribution in [0, 0.1) is 0 Å². The Morgan fingerprint density at radius 2 is 1.88 bits per heavy atom. The van der Waals surface area contributed by atoms with Crippen molar-refractivity contribution < 1.29 is 5.11 Å². The summed E-state index contributed by atoms with van der Waals surface area (Å²) >= 11 is 0. The van der Waals surface area contributed by atoms with Crippen molar-refractivity contribution in [2.24, 2.45) is 0 Å². The molecule has 0 heterocycles. The van der Waals surface area contributed by atoms with Crippen molar-refractivity contribution in [1.29, 1.82) is 0 Å². The lowest BCUT2D eigenvalue weighted by Gasteiger charge is -2.25. The lowest BCUT2D eigenvalue weighted by molar-refractivity contribution is 0.0323. The molecule has 0 aliphatic carbocycles. The average molecular weight is 222 g/mol. The van der Waals surface area contributed by atoms with Crippen LogP contribution >= 0.6 is 0 Å². The summed E-state index contributed by atoms with van der Waals surface area (Å²) in [5.74, 6) is 0. The molecule has 1 aromatic rings. The molecule has 90 valence electrons. The van der Waals surface area contributed by atoms with Gasteiger partial charge in [0.15, 0.2) is 0 Å². The predicted octanol–water partition coefficient (Wildman–Crippen LogP) is 1.91. The fraction of sp³-hybridized carbons (Fsp3) is 0.538. The van der Waals surface area contributed by atoms with E-state index in [1.165, 1.54) is 0 Å². The summed E-state index contributed by atoms with van der Waals surface area (Å²) in [6, 6.07) is 7.79. The zero-order chi connectivity index (χ0) is 12.0. The second kappa shape index (κ2) is 5.87. The van der Waals surface area contributed by atoms with E-state index in [0.717, 1.165) is 24.1 Å². The fourth-order valence-corrected chi connectivity index (χ4v) is 1.63. The van der Waals surface area contributed by atoms with E-state index in [9.17, 15) is 5.11 Å². The van der Waals surface area contributed by atoms with Gasteiger partial charge in [-0.15, -0.1) is 0 Å². The van der Waals surface area contributed by atoms with Crippen LogP contribution in [0.4, 0.5) is 5.69 Å². The van der Waals surface area contributed by atoms with Crippen molar-refractivity contribution in [3.05, 3.63) is 29.8 Å². The number of benzene rings is 1. The minimum absolute atomic E-state index is 0.594. The van der Waals surface area contributed by atoms with Gasteiger partial charge >= 0.3 is 0 Å². The van der Waals surface area contributed by atoms with Gasteiger partial charge in [-0.25, -0.2) is 0 Å². The van der Waals surface area contributed by atoms with Gasteiger partial charge in [-0.05, 0) is 24.5 Å². The molecule has 1 aromatic carbocycles. The summed E-state index contributed by atoms with van der Waals surface area (Å²) in [7, 11) is 0. The molecule has 0 aliphatic rings. The van der Waals surface area contributed by atoms with Crippen LogP contribution in [0.2, 0.25) is 0 Å². The first-order valence-corrected chi connectivity index (χ1v) is 5.88. The van der Waals surface area contributed by atoms with E-state index < -0.39 is 5.60 Å². The van der Waals surface area contributed by atoms with Crippen LogP contribution in [-0.4, -0.2) is 17.3 Å². The van der Waals surface area contributed by atoms with Gasteiger partial charge in [0.2, 0.25) is 0 Å². The summed E-state index contributed by atoms with van der Waals surface area (Å²) in [4.78, 5) is 0. The summed E-state index contributed by atoms with van der Waals surface area (Å²) in [6.45, 7) is 5.31. The van der Waals surface area contributed by atoms with Crippen molar-refractivity contribution in [2.45, 2.75) is 38.8 Å². The van der Waals surface area contributed by atoms with E-state index in [1.807, 2.05) is 38.1 Å². The molecule has 4 N–H and O–H groups in total. The molecule has 0 aromatic heterocycles. The first kappa shape index (κ1) is 13.0. The van der Waals surface area contributed by atoms with Gasteiger partial charge in [-0.3, -0.25) is 0 Å². The number of rotatable bonds is 6. The number of anilines is 1. The molecule has 1 rings (SSSR count).